The molecule has 0 aromatic heterocycles. The molecule has 0 aliphatic heterocycles. The quantitative estimate of drug-likeness (QED) is 0.641. The monoisotopic (exact) mass is 302 g/mol. The molecule has 0 N–H and O–H groups in total. The SMILES string of the molecule is CCCC1=Cc2c(cccc2-c2ccc(C(F)(F)F)cc2)C1. The van der Waals surface area contributed by atoms with E-state index in [-0.39, 0.29) is 0 Å². The Bertz CT molecular complexity index is 706. The van der Waals surface area contributed by atoms with Crippen molar-refractivity contribution in [3.8, 4) is 11.1 Å². The summed E-state index contributed by atoms with van der Waals surface area (Å²) in [6, 6.07) is 11.5. The molecule has 1 aliphatic carbocycles. The lowest BCUT2D eigenvalue weighted by Crippen LogP contribution is -2.04. The van der Waals surface area contributed by atoms with Gasteiger partial charge in [0, 0.05) is 0 Å². The zero-order valence-corrected chi connectivity index (χ0v) is 12.4. The minimum absolute atomic E-state index is 0.606. The van der Waals surface area contributed by atoms with Gasteiger partial charge in [-0.05, 0) is 47.2 Å². The maximum absolute atomic E-state index is 12.7. The Morgan fingerprint density at radius 3 is 2.36 bits per heavy atom. The van der Waals surface area contributed by atoms with E-state index in [4.69, 9.17) is 0 Å². The van der Waals surface area contributed by atoms with Crippen LogP contribution in [-0.2, 0) is 12.6 Å². The van der Waals surface area contributed by atoms with Gasteiger partial charge in [0.05, 0.1) is 5.56 Å². The number of fused-ring (bicyclic) bond motifs is 1. The van der Waals surface area contributed by atoms with E-state index in [9.17, 15) is 13.2 Å². The molecule has 0 radical (unpaired) electrons. The Balaban J connectivity index is 1.99. The molecule has 3 heteroatoms. The van der Waals surface area contributed by atoms with E-state index in [0.717, 1.165) is 48.1 Å². The van der Waals surface area contributed by atoms with Crippen LogP contribution in [0.25, 0.3) is 17.2 Å². The minimum atomic E-state index is -4.29. The molecule has 2 aromatic rings. The van der Waals surface area contributed by atoms with Gasteiger partial charge in [0.2, 0.25) is 0 Å². The van der Waals surface area contributed by atoms with Crippen molar-refractivity contribution >= 4 is 6.08 Å². The number of rotatable bonds is 3. The van der Waals surface area contributed by atoms with Crippen molar-refractivity contribution in [1.29, 1.82) is 0 Å². The Kier molecular flexibility index (Phi) is 3.81. The largest absolute Gasteiger partial charge is 0.416 e. The Labute approximate surface area is 128 Å². The number of allylic oxidation sites excluding steroid dienone is 1. The second-order valence-electron chi connectivity index (χ2n) is 5.68. The molecule has 0 heterocycles. The molecule has 0 unspecified atom stereocenters. The molecule has 22 heavy (non-hydrogen) atoms. The van der Waals surface area contributed by atoms with Crippen LogP contribution in [0.4, 0.5) is 13.2 Å². The molecule has 0 fully saturated rings. The lowest BCUT2D eigenvalue weighted by molar-refractivity contribution is -0.137. The van der Waals surface area contributed by atoms with E-state index in [0.29, 0.717) is 0 Å². The zero-order chi connectivity index (χ0) is 15.7. The first-order valence-electron chi connectivity index (χ1n) is 7.48. The van der Waals surface area contributed by atoms with Crippen molar-refractivity contribution in [2.45, 2.75) is 32.4 Å². The van der Waals surface area contributed by atoms with Crippen molar-refractivity contribution in [1.82, 2.24) is 0 Å². The summed E-state index contributed by atoms with van der Waals surface area (Å²) in [7, 11) is 0. The third kappa shape index (κ3) is 2.80. The van der Waals surface area contributed by atoms with Crippen LogP contribution >= 0.6 is 0 Å². The van der Waals surface area contributed by atoms with Gasteiger partial charge in [-0.15, -0.1) is 0 Å². The van der Waals surface area contributed by atoms with Crippen LogP contribution in [-0.4, -0.2) is 0 Å². The lowest BCUT2D eigenvalue weighted by Gasteiger charge is -2.10. The van der Waals surface area contributed by atoms with Gasteiger partial charge in [-0.1, -0.05) is 55.3 Å². The first kappa shape index (κ1) is 14.9. The van der Waals surface area contributed by atoms with Gasteiger partial charge in [0.15, 0.2) is 0 Å². The molecule has 0 spiro atoms. The summed E-state index contributed by atoms with van der Waals surface area (Å²) in [5, 5.41) is 0. The number of hydrogen-bond donors (Lipinski definition) is 0. The lowest BCUT2D eigenvalue weighted by atomic mass is 9.96. The van der Waals surface area contributed by atoms with Gasteiger partial charge in [0.25, 0.3) is 0 Å². The van der Waals surface area contributed by atoms with E-state index < -0.39 is 11.7 Å². The second-order valence-corrected chi connectivity index (χ2v) is 5.68. The molecular formula is C19H17F3. The highest BCUT2D eigenvalue weighted by atomic mass is 19.4. The topological polar surface area (TPSA) is 0 Å². The second kappa shape index (κ2) is 5.64. The van der Waals surface area contributed by atoms with E-state index in [2.05, 4.69) is 19.1 Å². The highest BCUT2D eigenvalue weighted by Gasteiger charge is 2.30. The fourth-order valence-corrected chi connectivity index (χ4v) is 3.01. The van der Waals surface area contributed by atoms with E-state index in [1.807, 2.05) is 12.1 Å². The van der Waals surface area contributed by atoms with Gasteiger partial charge in [-0.2, -0.15) is 13.2 Å². The summed E-state index contributed by atoms with van der Waals surface area (Å²) in [4.78, 5) is 0. The van der Waals surface area contributed by atoms with Crippen LogP contribution in [0.3, 0.4) is 0 Å². The molecule has 1 aliphatic rings. The first-order chi connectivity index (χ1) is 10.5. The molecule has 0 saturated heterocycles. The predicted molar refractivity (Wildman–Crippen MR) is 83.5 cm³/mol. The molecular weight excluding hydrogens is 285 g/mol. The zero-order valence-electron chi connectivity index (χ0n) is 12.4. The van der Waals surface area contributed by atoms with Crippen LogP contribution in [0.1, 0.15) is 36.5 Å². The Morgan fingerprint density at radius 1 is 1.00 bits per heavy atom. The summed E-state index contributed by atoms with van der Waals surface area (Å²) in [6.45, 7) is 2.15. The number of halogens is 3. The minimum Gasteiger partial charge on any atom is -0.166 e. The average Bonchev–Trinajstić information content (AvgIpc) is 2.89. The summed E-state index contributed by atoms with van der Waals surface area (Å²) >= 11 is 0. The van der Waals surface area contributed by atoms with Crippen LogP contribution in [0.2, 0.25) is 0 Å². The average molecular weight is 302 g/mol. The third-order valence-corrected chi connectivity index (χ3v) is 4.06. The maximum Gasteiger partial charge on any atom is 0.416 e. The normalized spacial score (nSPS) is 13.9. The van der Waals surface area contributed by atoms with Gasteiger partial charge in [-0.25, -0.2) is 0 Å². The van der Waals surface area contributed by atoms with Crippen LogP contribution < -0.4 is 0 Å². The molecule has 3 rings (SSSR count). The smallest absolute Gasteiger partial charge is 0.166 e. The van der Waals surface area contributed by atoms with Crippen molar-refractivity contribution in [2.75, 3.05) is 0 Å². The van der Waals surface area contributed by atoms with E-state index >= 15 is 0 Å². The fourth-order valence-electron chi connectivity index (χ4n) is 3.01. The van der Waals surface area contributed by atoms with Crippen LogP contribution in [0, 0.1) is 0 Å². The van der Waals surface area contributed by atoms with Crippen molar-refractivity contribution in [3.63, 3.8) is 0 Å². The molecule has 0 atom stereocenters. The Hall–Kier alpha value is -2.03. The predicted octanol–water partition coefficient (Wildman–Crippen LogP) is 6.11. The van der Waals surface area contributed by atoms with Gasteiger partial charge in [-0.3, -0.25) is 0 Å². The summed E-state index contributed by atoms with van der Waals surface area (Å²) in [5.74, 6) is 0. The fraction of sp³-hybridized carbons (Fsp3) is 0.263. The van der Waals surface area contributed by atoms with Crippen molar-refractivity contribution in [2.24, 2.45) is 0 Å². The summed E-state index contributed by atoms with van der Waals surface area (Å²) < 4.78 is 38.0. The first-order valence-corrected chi connectivity index (χ1v) is 7.48. The molecule has 0 nitrogen and oxygen atoms in total. The number of hydrogen-bond acceptors (Lipinski definition) is 0. The maximum atomic E-state index is 12.7. The Morgan fingerprint density at radius 2 is 1.73 bits per heavy atom. The molecule has 0 bridgehead atoms. The molecule has 0 amide bonds. The molecule has 114 valence electrons. The van der Waals surface area contributed by atoms with E-state index in [1.165, 1.54) is 11.1 Å². The van der Waals surface area contributed by atoms with Gasteiger partial charge in [0.1, 0.15) is 0 Å². The van der Waals surface area contributed by atoms with Crippen LogP contribution in [0.15, 0.2) is 48.0 Å². The third-order valence-electron chi connectivity index (χ3n) is 4.06. The standard InChI is InChI=1S/C19H17F3/c1-2-4-13-11-15-5-3-6-17(18(15)12-13)14-7-9-16(10-8-14)19(20,21)22/h3,5-10,12H,2,4,11H2,1H3. The number of alkyl halides is 3. The highest BCUT2D eigenvalue weighted by molar-refractivity contribution is 5.80. The number of benzene rings is 2. The van der Waals surface area contributed by atoms with Crippen LogP contribution in [0.5, 0.6) is 0 Å². The van der Waals surface area contributed by atoms with Gasteiger partial charge >= 0.3 is 6.18 Å². The van der Waals surface area contributed by atoms with Crippen molar-refractivity contribution < 1.29 is 13.2 Å². The summed E-state index contributed by atoms with van der Waals surface area (Å²) in [6.07, 6.45) is 1.05. The highest BCUT2D eigenvalue weighted by Crippen LogP contribution is 2.36. The molecule has 2 aromatic carbocycles. The molecule has 0 saturated carbocycles. The van der Waals surface area contributed by atoms with Crippen molar-refractivity contribution in [3.05, 3.63) is 64.7 Å². The summed E-state index contributed by atoms with van der Waals surface area (Å²) in [5.41, 5.74) is 5.06. The van der Waals surface area contributed by atoms with E-state index in [1.54, 1.807) is 12.1 Å². The van der Waals surface area contributed by atoms with Gasteiger partial charge < -0.3 is 0 Å².